The zero-order chi connectivity index (χ0) is 16.7. The minimum absolute atomic E-state index is 0.0148. The van der Waals surface area contributed by atoms with E-state index >= 15 is 0 Å². The lowest BCUT2D eigenvalue weighted by atomic mass is 10.2. The molecule has 3 aromatic rings. The predicted octanol–water partition coefficient (Wildman–Crippen LogP) is 2.64. The first-order valence-corrected chi connectivity index (χ1v) is 8.13. The van der Waals surface area contributed by atoms with Crippen molar-refractivity contribution in [3.63, 3.8) is 0 Å². The fourth-order valence-electron chi connectivity index (χ4n) is 3.14. The molecule has 0 unspecified atom stereocenters. The van der Waals surface area contributed by atoms with Crippen LogP contribution < -0.4 is 0 Å². The van der Waals surface area contributed by atoms with Gasteiger partial charge in [0, 0.05) is 38.2 Å². The summed E-state index contributed by atoms with van der Waals surface area (Å²) in [7, 11) is 0. The van der Waals surface area contributed by atoms with Gasteiger partial charge in [0.15, 0.2) is 5.65 Å². The number of pyridine rings is 2. The molecule has 4 rings (SSSR count). The molecule has 0 saturated heterocycles. The summed E-state index contributed by atoms with van der Waals surface area (Å²) in [6, 6.07) is 3.81. The molecule has 1 aliphatic heterocycles. The van der Waals surface area contributed by atoms with Crippen LogP contribution in [0.25, 0.3) is 11.2 Å². The van der Waals surface area contributed by atoms with E-state index in [1.165, 1.54) is 0 Å². The Balaban J connectivity index is 1.60. The normalized spacial score (nSPS) is 13.7. The van der Waals surface area contributed by atoms with Crippen LogP contribution in [0.1, 0.15) is 35.3 Å². The Morgan fingerprint density at radius 3 is 2.83 bits per heavy atom. The number of rotatable bonds is 3. The molecule has 0 bridgehead atoms. The molecular weight excluding hydrogens is 302 g/mol. The van der Waals surface area contributed by atoms with Crippen molar-refractivity contribution >= 4 is 17.1 Å². The highest BCUT2D eigenvalue weighted by Gasteiger charge is 2.25. The van der Waals surface area contributed by atoms with Crippen LogP contribution in [0.3, 0.4) is 0 Å². The number of aromatic nitrogens is 4. The van der Waals surface area contributed by atoms with E-state index in [9.17, 15) is 4.79 Å². The third-order valence-electron chi connectivity index (χ3n) is 4.28. The second-order valence-corrected chi connectivity index (χ2v) is 6.66. The minimum atomic E-state index is -0.0148. The molecular formula is C18H19N5O. The van der Waals surface area contributed by atoms with Crippen LogP contribution >= 0.6 is 0 Å². The SMILES string of the molecule is CC(C)Cn1cnc2cc(C(=O)N3Cc4ccncc4C3)cnc21. The van der Waals surface area contributed by atoms with E-state index in [1.54, 1.807) is 18.7 Å². The van der Waals surface area contributed by atoms with Crippen molar-refractivity contribution in [1.82, 2.24) is 24.4 Å². The van der Waals surface area contributed by atoms with Crippen LogP contribution in [0.4, 0.5) is 0 Å². The van der Waals surface area contributed by atoms with Gasteiger partial charge in [0.25, 0.3) is 5.91 Å². The van der Waals surface area contributed by atoms with Gasteiger partial charge in [-0.25, -0.2) is 9.97 Å². The third kappa shape index (κ3) is 2.54. The van der Waals surface area contributed by atoms with Gasteiger partial charge in [-0.05, 0) is 29.2 Å². The zero-order valence-corrected chi connectivity index (χ0v) is 13.8. The number of amides is 1. The average molecular weight is 321 g/mol. The minimum Gasteiger partial charge on any atom is -0.330 e. The Labute approximate surface area is 140 Å². The van der Waals surface area contributed by atoms with E-state index in [0.717, 1.165) is 28.8 Å². The van der Waals surface area contributed by atoms with E-state index in [0.29, 0.717) is 24.6 Å². The molecule has 0 radical (unpaired) electrons. The summed E-state index contributed by atoms with van der Waals surface area (Å²) in [6.07, 6.45) is 7.05. The molecule has 0 spiro atoms. The lowest BCUT2D eigenvalue weighted by Crippen LogP contribution is -2.25. The van der Waals surface area contributed by atoms with E-state index < -0.39 is 0 Å². The molecule has 6 heteroatoms. The zero-order valence-electron chi connectivity index (χ0n) is 13.8. The molecule has 1 amide bonds. The van der Waals surface area contributed by atoms with Crippen molar-refractivity contribution in [3.05, 3.63) is 53.7 Å². The van der Waals surface area contributed by atoms with Crippen LogP contribution in [-0.4, -0.2) is 30.3 Å². The van der Waals surface area contributed by atoms with Gasteiger partial charge in [0.1, 0.15) is 5.52 Å². The molecule has 4 heterocycles. The summed E-state index contributed by atoms with van der Waals surface area (Å²) in [5, 5.41) is 0. The van der Waals surface area contributed by atoms with Gasteiger partial charge in [-0.3, -0.25) is 9.78 Å². The van der Waals surface area contributed by atoms with Crippen LogP contribution in [0.2, 0.25) is 0 Å². The highest BCUT2D eigenvalue weighted by Crippen LogP contribution is 2.24. The van der Waals surface area contributed by atoms with Crippen molar-refractivity contribution in [2.45, 2.75) is 33.5 Å². The summed E-state index contributed by atoms with van der Waals surface area (Å²) >= 11 is 0. The van der Waals surface area contributed by atoms with Crippen LogP contribution in [0.5, 0.6) is 0 Å². The number of carbonyl (C=O) groups is 1. The Bertz CT molecular complexity index is 890. The van der Waals surface area contributed by atoms with E-state index in [4.69, 9.17) is 0 Å². The van der Waals surface area contributed by atoms with Crippen molar-refractivity contribution < 1.29 is 4.79 Å². The Kier molecular flexibility index (Phi) is 3.52. The maximum atomic E-state index is 12.8. The molecule has 3 aromatic heterocycles. The monoisotopic (exact) mass is 321 g/mol. The summed E-state index contributed by atoms with van der Waals surface area (Å²) in [4.78, 5) is 27.6. The van der Waals surface area contributed by atoms with Gasteiger partial charge in [-0.2, -0.15) is 0 Å². The molecule has 0 atom stereocenters. The van der Waals surface area contributed by atoms with Gasteiger partial charge < -0.3 is 9.47 Å². The van der Waals surface area contributed by atoms with Crippen LogP contribution in [0, 0.1) is 5.92 Å². The lowest BCUT2D eigenvalue weighted by molar-refractivity contribution is 0.0751. The first kappa shape index (κ1) is 14.8. The second-order valence-electron chi connectivity index (χ2n) is 6.66. The molecule has 0 fully saturated rings. The molecule has 0 aromatic carbocycles. The molecule has 0 aliphatic carbocycles. The largest absolute Gasteiger partial charge is 0.330 e. The number of carbonyl (C=O) groups excluding carboxylic acids is 1. The van der Waals surface area contributed by atoms with Crippen LogP contribution in [0.15, 0.2) is 37.1 Å². The maximum Gasteiger partial charge on any atom is 0.256 e. The maximum absolute atomic E-state index is 12.8. The fourth-order valence-corrected chi connectivity index (χ4v) is 3.14. The summed E-state index contributed by atoms with van der Waals surface area (Å²) < 4.78 is 2.03. The number of nitrogens with zero attached hydrogens (tertiary/aromatic N) is 5. The van der Waals surface area contributed by atoms with Gasteiger partial charge in [-0.1, -0.05) is 13.8 Å². The Hall–Kier alpha value is -2.76. The molecule has 0 N–H and O–H groups in total. The second kappa shape index (κ2) is 5.70. The predicted molar refractivity (Wildman–Crippen MR) is 90.2 cm³/mol. The van der Waals surface area contributed by atoms with E-state index in [1.807, 2.05) is 27.8 Å². The summed E-state index contributed by atoms with van der Waals surface area (Å²) in [6.45, 7) is 6.40. The van der Waals surface area contributed by atoms with Gasteiger partial charge in [0.05, 0.1) is 11.9 Å². The van der Waals surface area contributed by atoms with Crippen LogP contribution in [-0.2, 0) is 19.6 Å². The van der Waals surface area contributed by atoms with Crippen molar-refractivity contribution in [3.8, 4) is 0 Å². The highest BCUT2D eigenvalue weighted by molar-refractivity contribution is 5.96. The van der Waals surface area contributed by atoms with E-state index in [-0.39, 0.29) is 5.91 Å². The number of hydrogen-bond acceptors (Lipinski definition) is 4. The van der Waals surface area contributed by atoms with Gasteiger partial charge in [-0.15, -0.1) is 0 Å². The number of hydrogen-bond donors (Lipinski definition) is 0. The number of imidazole rings is 1. The summed E-state index contributed by atoms with van der Waals surface area (Å²) in [5.41, 5.74) is 4.45. The number of fused-ring (bicyclic) bond motifs is 2. The Morgan fingerprint density at radius 2 is 2.04 bits per heavy atom. The fraction of sp³-hybridized carbons (Fsp3) is 0.333. The molecule has 24 heavy (non-hydrogen) atoms. The van der Waals surface area contributed by atoms with E-state index in [2.05, 4.69) is 28.8 Å². The third-order valence-corrected chi connectivity index (χ3v) is 4.28. The molecule has 1 aliphatic rings. The lowest BCUT2D eigenvalue weighted by Gasteiger charge is -2.15. The first-order chi connectivity index (χ1) is 11.6. The molecule has 0 saturated carbocycles. The van der Waals surface area contributed by atoms with Crippen molar-refractivity contribution in [1.29, 1.82) is 0 Å². The topological polar surface area (TPSA) is 63.9 Å². The smallest absolute Gasteiger partial charge is 0.256 e. The first-order valence-electron chi connectivity index (χ1n) is 8.13. The molecule has 6 nitrogen and oxygen atoms in total. The quantitative estimate of drug-likeness (QED) is 0.744. The van der Waals surface area contributed by atoms with Crippen molar-refractivity contribution in [2.24, 2.45) is 5.92 Å². The van der Waals surface area contributed by atoms with Gasteiger partial charge in [0.2, 0.25) is 0 Å². The van der Waals surface area contributed by atoms with Crippen molar-refractivity contribution in [2.75, 3.05) is 0 Å². The van der Waals surface area contributed by atoms with Gasteiger partial charge >= 0.3 is 0 Å². The molecule has 122 valence electrons. The standard InChI is InChI=1S/C18H19N5O/c1-12(2)8-23-11-21-16-5-14(7-20-17(16)23)18(24)22-9-13-3-4-19-6-15(13)10-22/h3-7,11-12H,8-10H2,1-2H3. The summed E-state index contributed by atoms with van der Waals surface area (Å²) in [5.74, 6) is 0.501. The average Bonchev–Trinajstić information content (AvgIpc) is 3.17. The Morgan fingerprint density at radius 1 is 1.21 bits per heavy atom. The highest BCUT2D eigenvalue weighted by atomic mass is 16.2.